The lowest BCUT2D eigenvalue weighted by Gasteiger charge is -2.34. The molecule has 2 unspecified atom stereocenters. The van der Waals surface area contributed by atoms with Crippen LogP contribution in [0.5, 0.6) is 0 Å². The molecular formula is C28H36N2O6. The second kappa shape index (κ2) is 12.5. The van der Waals surface area contributed by atoms with Gasteiger partial charge in [0.15, 0.2) is 0 Å². The molecule has 1 saturated carbocycles. The highest BCUT2D eigenvalue weighted by Crippen LogP contribution is 2.29. The molecule has 3 atom stereocenters. The molecule has 0 heterocycles. The first-order valence-corrected chi connectivity index (χ1v) is 12.0. The van der Waals surface area contributed by atoms with Crippen molar-refractivity contribution in [2.75, 3.05) is 13.7 Å². The molecule has 0 spiro atoms. The third-order valence-electron chi connectivity index (χ3n) is 5.75. The van der Waals surface area contributed by atoms with Crippen molar-refractivity contribution in [3.05, 3.63) is 35.4 Å². The first-order valence-electron chi connectivity index (χ1n) is 12.0. The summed E-state index contributed by atoms with van der Waals surface area (Å²) in [6.45, 7) is 8.57. The van der Waals surface area contributed by atoms with Gasteiger partial charge in [-0.25, -0.2) is 9.59 Å². The molecule has 3 N–H and O–H groups in total. The molecule has 0 radical (unpaired) electrons. The monoisotopic (exact) mass is 496 g/mol. The van der Waals surface area contributed by atoms with Crippen LogP contribution in [0.15, 0.2) is 24.3 Å². The van der Waals surface area contributed by atoms with E-state index in [0.29, 0.717) is 17.0 Å². The first-order chi connectivity index (χ1) is 16.8. The summed E-state index contributed by atoms with van der Waals surface area (Å²) in [6, 6.07) is 5.41. The zero-order chi connectivity index (χ0) is 26.9. The van der Waals surface area contributed by atoms with Gasteiger partial charge in [-0.15, -0.1) is 0 Å². The van der Waals surface area contributed by atoms with Gasteiger partial charge in [0.25, 0.3) is 5.91 Å². The van der Waals surface area contributed by atoms with E-state index < -0.39 is 35.2 Å². The molecule has 8 nitrogen and oxygen atoms in total. The van der Waals surface area contributed by atoms with Crippen LogP contribution in [0, 0.1) is 35.5 Å². The molecule has 1 aromatic rings. The van der Waals surface area contributed by atoms with Crippen LogP contribution in [0.4, 0.5) is 4.79 Å². The quantitative estimate of drug-likeness (QED) is 0.412. The van der Waals surface area contributed by atoms with Crippen molar-refractivity contribution >= 4 is 18.0 Å². The molecule has 1 aromatic carbocycles. The van der Waals surface area contributed by atoms with Crippen LogP contribution < -0.4 is 10.6 Å². The number of amides is 2. The maximum atomic E-state index is 12.9. The molecule has 1 aliphatic carbocycles. The molecule has 0 saturated heterocycles. The number of hydrogen-bond acceptors (Lipinski definition) is 6. The number of hydrogen-bond donors (Lipinski definition) is 3. The number of methoxy groups -OCH3 is 1. The van der Waals surface area contributed by atoms with Gasteiger partial charge in [-0.2, -0.15) is 0 Å². The van der Waals surface area contributed by atoms with Crippen molar-refractivity contribution in [2.24, 2.45) is 11.8 Å². The summed E-state index contributed by atoms with van der Waals surface area (Å²) in [4.78, 5) is 37.6. The van der Waals surface area contributed by atoms with E-state index in [2.05, 4.69) is 34.3 Å². The van der Waals surface area contributed by atoms with E-state index in [1.807, 2.05) is 0 Å². The topological polar surface area (TPSA) is 114 Å². The van der Waals surface area contributed by atoms with Gasteiger partial charge in [0.1, 0.15) is 11.6 Å². The van der Waals surface area contributed by atoms with E-state index in [1.165, 1.54) is 7.11 Å². The minimum atomic E-state index is -1.20. The standard InChI is InChI=1S/C28H36N2O6/c1-27(2,3)36-26(34)30-28(4,5)23(25(33)35-6)29-24(32)22-15-13-19(14-16-22)9-7-8-10-20-11-12-21(17-20)18-31/h13-16,20-21,23,31H,11-12,17-18H2,1-6H3,(H,29,32)(H,30,34)/t20?,21?,23-/m1/s1. The Morgan fingerprint density at radius 3 is 2.31 bits per heavy atom. The highest BCUT2D eigenvalue weighted by atomic mass is 16.6. The Bertz CT molecular complexity index is 1060. The second-order valence-electron chi connectivity index (χ2n) is 10.4. The number of carbonyl (C=O) groups is 3. The van der Waals surface area contributed by atoms with E-state index in [4.69, 9.17) is 9.47 Å². The average molecular weight is 497 g/mol. The van der Waals surface area contributed by atoms with Crippen molar-refractivity contribution < 1.29 is 29.0 Å². The van der Waals surface area contributed by atoms with Gasteiger partial charge < -0.3 is 25.2 Å². The van der Waals surface area contributed by atoms with E-state index in [-0.39, 0.29) is 12.5 Å². The second-order valence-corrected chi connectivity index (χ2v) is 10.4. The Kier molecular flexibility index (Phi) is 9.95. The lowest BCUT2D eigenvalue weighted by molar-refractivity contribution is -0.144. The van der Waals surface area contributed by atoms with Crippen molar-refractivity contribution in [2.45, 2.75) is 71.1 Å². The summed E-state index contributed by atoms with van der Waals surface area (Å²) in [5.41, 5.74) is -0.919. The van der Waals surface area contributed by atoms with Gasteiger partial charge in [-0.1, -0.05) is 11.8 Å². The van der Waals surface area contributed by atoms with Crippen LogP contribution in [-0.2, 0) is 14.3 Å². The summed E-state index contributed by atoms with van der Waals surface area (Å²) in [6.07, 6.45) is 2.17. The van der Waals surface area contributed by atoms with Gasteiger partial charge in [0, 0.05) is 23.7 Å². The molecule has 1 fully saturated rings. The Balaban J connectivity index is 2.05. The third-order valence-corrected chi connectivity index (χ3v) is 5.75. The van der Waals surface area contributed by atoms with E-state index >= 15 is 0 Å². The van der Waals surface area contributed by atoms with Crippen LogP contribution in [-0.4, -0.2) is 54.0 Å². The van der Waals surface area contributed by atoms with E-state index in [0.717, 1.165) is 19.3 Å². The minimum Gasteiger partial charge on any atom is -0.467 e. The normalized spacial score (nSPS) is 18.0. The van der Waals surface area contributed by atoms with Crippen molar-refractivity contribution in [1.29, 1.82) is 0 Å². The minimum absolute atomic E-state index is 0.210. The Morgan fingerprint density at radius 2 is 1.75 bits per heavy atom. The van der Waals surface area contributed by atoms with Gasteiger partial charge in [-0.05, 0) is 95.9 Å². The Hall–Kier alpha value is -3.49. The predicted molar refractivity (Wildman–Crippen MR) is 136 cm³/mol. The number of esters is 1. The van der Waals surface area contributed by atoms with Crippen molar-refractivity contribution in [1.82, 2.24) is 10.6 Å². The number of alkyl carbamates (subject to hydrolysis) is 1. The van der Waals surface area contributed by atoms with Crippen LogP contribution in [0.2, 0.25) is 0 Å². The number of nitrogens with one attached hydrogen (secondary N) is 2. The zero-order valence-electron chi connectivity index (χ0n) is 21.9. The van der Waals surface area contributed by atoms with Gasteiger partial charge in [0.05, 0.1) is 12.6 Å². The van der Waals surface area contributed by atoms with Crippen LogP contribution in [0.1, 0.15) is 69.8 Å². The zero-order valence-corrected chi connectivity index (χ0v) is 21.9. The van der Waals surface area contributed by atoms with Gasteiger partial charge >= 0.3 is 12.1 Å². The summed E-state index contributed by atoms with van der Waals surface area (Å²) in [7, 11) is 1.21. The lowest BCUT2D eigenvalue weighted by atomic mass is 9.94. The fourth-order valence-electron chi connectivity index (χ4n) is 3.82. The fraction of sp³-hybridized carbons (Fsp3) is 0.536. The van der Waals surface area contributed by atoms with Crippen LogP contribution in [0.3, 0.4) is 0 Å². The van der Waals surface area contributed by atoms with Crippen molar-refractivity contribution in [3.63, 3.8) is 0 Å². The lowest BCUT2D eigenvalue weighted by Crippen LogP contribution is -2.62. The van der Waals surface area contributed by atoms with Crippen LogP contribution in [0.25, 0.3) is 0 Å². The number of ether oxygens (including phenoxy) is 2. The molecule has 2 amide bonds. The van der Waals surface area contributed by atoms with Crippen molar-refractivity contribution in [3.8, 4) is 23.7 Å². The number of rotatable bonds is 6. The molecule has 0 aliphatic heterocycles. The predicted octanol–water partition coefficient (Wildman–Crippen LogP) is 3.02. The van der Waals surface area contributed by atoms with E-state index in [1.54, 1.807) is 58.9 Å². The van der Waals surface area contributed by atoms with Gasteiger partial charge in [0.2, 0.25) is 0 Å². The SMILES string of the molecule is COC(=O)[C@@H](NC(=O)c1ccc(C#CC#CC2CCC(CO)C2)cc1)C(C)(C)NC(=O)OC(C)(C)C. The number of carbonyl (C=O) groups excluding carboxylic acids is 3. The molecule has 0 aromatic heterocycles. The largest absolute Gasteiger partial charge is 0.467 e. The smallest absolute Gasteiger partial charge is 0.408 e. The summed E-state index contributed by atoms with van der Waals surface area (Å²) in [5.74, 6) is 11.2. The number of aliphatic hydroxyl groups excluding tert-OH is 1. The summed E-state index contributed by atoms with van der Waals surface area (Å²) in [5, 5.41) is 14.5. The molecule has 2 rings (SSSR count). The van der Waals surface area contributed by atoms with Gasteiger partial charge in [-0.3, -0.25) is 4.79 Å². The fourth-order valence-corrected chi connectivity index (χ4v) is 3.82. The third kappa shape index (κ3) is 8.94. The molecular weight excluding hydrogens is 460 g/mol. The van der Waals surface area contributed by atoms with Crippen LogP contribution >= 0.6 is 0 Å². The first kappa shape index (κ1) is 28.7. The molecule has 194 valence electrons. The average Bonchev–Trinajstić information content (AvgIpc) is 3.26. The maximum Gasteiger partial charge on any atom is 0.408 e. The molecule has 36 heavy (non-hydrogen) atoms. The highest BCUT2D eigenvalue weighted by Gasteiger charge is 2.40. The molecule has 0 bridgehead atoms. The maximum absolute atomic E-state index is 12.9. The molecule has 1 aliphatic rings. The number of benzene rings is 1. The summed E-state index contributed by atoms with van der Waals surface area (Å²) < 4.78 is 10.1. The summed E-state index contributed by atoms with van der Waals surface area (Å²) >= 11 is 0. The Morgan fingerprint density at radius 1 is 1.08 bits per heavy atom. The number of aliphatic hydroxyl groups is 1. The molecule has 8 heteroatoms. The Labute approximate surface area is 213 Å². The van der Waals surface area contributed by atoms with E-state index in [9.17, 15) is 19.5 Å². The highest BCUT2D eigenvalue weighted by molar-refractivity contribution is 5.97.